The first-order chi connectivity index (χ1) is 9.45. The molecule has 0 radical (unpaired) electrons. The molecule has 0 saturated carbocycles. The van der Waals surface area contributed by atoms with Crippen LogP contribution in [0, 0.1) is 0 Å². The van der Waals surface area contributed by atoms with E-state index < -0.39 is 0 Å². The van der Waals surface area contributed by atoms with Crippen LogP contribution in [-0.2, 0) is 0 Å². The molecule has 19 heavy (non-hydrogen) atoms. The van der Waals surface area contributed by atoms with Crippen molar-refractivity contribution in [2.24, 2.45) is 0 Å². The third kappa shape index (κ3) is 2.76. The maximum Gasteiger partial charge on any atom is 0.0599 e. The molecule has 3 nitrogen and oxygen atoms in total. The normalized spacial score (nSPS) is 16.2. The average Bonchev–Trinajstić information content (AvgIpc) is 2.51. The van der Waals surface area contributed by atoms with Crippen LogP contribution in [0.15, 0.2) is 54.9 Å². The summed E-state index contributed by atoms with van der Waals surface area (Å²) in [4.78, 5) is 6.69. The highest BCUT2D eigenvalue weighted by atomic mass is 15.2. The Bertz CT molecular complexity index is 452. The number of para-hydroxylation sites is 1. The van der Waals surface area contributed by atoms with Crippen LogP contribution in [0.2, 0.25) is 0 Å². The van der Waals surface area contributed by atoms with Gasteiger partial charge in [-0.05, 0) is 50.2 Å². The van der Waals surface area contributed by atoms with Crippen LogP contribution in [0.4, 0.5) is 11.4 Å². The molecule has 2 aromatic rings. The molecule has 1 fully saturated rings. The molecule has 1 N–H and O–H groups in total. The molecule has 0 spiro atoms. The molecule has 0 unspecified atom stereocenters. The molecule has 0 aliphatic carbocycles. The Morgan fingerprint density at radius 1 is 0.947 bits per heavy atom. The largest absolute Gasteiger partial charge is 0.337 e. The first-order valence-electron chi connectivity index (χ1n) is 6.90. The van der Waals surface area contributed by atoms with Crippen LogP contribution in [0.1, 0.15) is 12.8 Å². The molecular formula is C16H19N3. The fourth-order valence-electron chi connectivity index (χ4n) is 2.72. The van der Waals surface area contributed by atoms with Gasteiger partial charge in [-0.3, -0.25) is 4.98 Å². The van der Waals surface area contributed by atoms with E-state index in [1.54, 1.807) is 0 Å². The molecule has 0 atom stereocenters. The van der Waals surface area contributed by atoms with Gasteiger partial charge in [0, 0.05) is 17.9 Å². The van der Waals surface area contributed by atoms with Gasteiger partial charge >= 0.3 is 0 Å². The average molecular weight is 253 g/mol. The van der Waals surface area contributed by atoms with Crippen molar-refractivity contribution in [1.82, 2.24) is 10.3 Å². The summed E-state index contributed by atoms with van der Waals surface area (Å²) in [5, 5.41) is 3.43. The van der Waals surface area contributed by atoms with E-state index in [1.807, 2.05) is 18.5 Å². The van der Waals surface area contributed by atoms with E-state index >= 15 is 0 Å². The van der Waals surface area contributed by atoms with Gasteiger partial charge in [0.1, 0.15) is 0 Å². The maximum atomic E-state index is 4.27. The Morgan fingerprint density at radius 3 is 2.37 bits per heavy atom. The van der Waals surface area contributed by atoms with Crippen molar-refractivity contribution in [3.63, 3.8) is 0 Å². The highest BCUT2D eigenvalue weighted by Crippen LogP contribution is 2.30. The van der Waals surface area contributed by atoms with Crippen LogP contribution in [0.25, 0.3) is 0 Å². The zero-order valence-corrected chi connectivity index (χ0v) is 11.0. The smallest absolute Gasteiger partial charge is 0.0599 e. The molecule has 1 saturated heterocycles. The Kier molecular flexibility index (Phi) is 3.75. The number of hydrogen-bond donors (Lipinski definition) is 1. The van der Waals surface area contributed by atoms with E-state index in [4.69, 9.17) is 0 Å². The number of nitrogens with zero attached hydrogens (tertiary/aromatic N) is 2. The fourth-order valence-corrected chi connectivity index (χ4v) is 2.72. The van der Waals surface area contributed by atoms with Gasteiger partial charge in [0.2, 0.25) is 0 Å². The zero-order valence-electron chi connectivity index (χ0n) is 11.0. The molecular weight excluding hydrogens is 234 g/mol. The third-order valence-corrected chi connectivity index (χ3v) is 3.63. The summed E-state index contributed by atoms with van der Waals surface area (Å²) in [5.74, 6) is 0. The fraction of sp³-hybridized carbons (Fsp3) is 0.312. The standard InChI is InChI=1S/C16H19N3/c1-2-5-14(6-3-1)19(15-8-11-17-12-9-15)16-7-4-10-18-13-16/h1-7,10,13,15,17H,8-9,11-12H2. The van der Waals surface area contributed by atoms with Gasteiger partial charge in [-0.1, -0.05) is 18.2 Å². The molecule has 1 aromatic heterocycles. The van der Waals surface area contributed by atoms with Gasteiger partial charge in [0.05, 0.1) is 11.9 Å². The number of benzene rings is 1. The van der Waals surface area contributed by atoms with Crippen LogP contribution >= 0.6 is 0 Å². The summed E-state index contributed by atoms with van der Waals surface area (Å²) in [7, 11) is 0. The van der Waals surface area contributed by atoms with Gasteiger partial charge in [0.25, 0.3) is 0 Å². The van der Waals surface area contributed by atoms with Crippen molar-refractivity contribution in [2.75, 3.05) is 18.0 Å². The molecule has 0 amide bonds. The Labute approximate surface area is 114 Å². The SMILES string of the molecule is c1ccc(N(c2cccnc2)C2CCNCC2)cc1. The molecule has 1 aliphatic heterocycles. The maximum absolute atomic E-state index is 4.27. The van der Waals surface area contributed by atoms with Crippen LogP contribution in [0.3, 0.4) is 0 Å². The minimum absolute atomic E-state index is 0.549. The first kappa shape index (κ1) is 12.2. The van der Waals surface area contributed by atoms with Crippen molar-refractivity contribution in [3.8, 4) is 0 Å². The Morgan fingerprint density at radius 2 is 1.68 bits per heavy atom. The number of piperidine rings is 1. The summed E-state index contributed by atoms with van der Waals surface area (Å²) in [6.07, 6.45) is 6.12. The van der Waals surface area contributed by atoms with Gasteiger partial charge in [-0.15, -0.1) is 0 Å². The molecule has 1 aliphatic rings. The molecule has 2 heterocycles. The summed E-state index contributed by atoms with van der Waals surface area (Å²) in [6.45, 7) is 2.18. The molecule has 1 aromatic carbocycles. The molecule has 3 rings (SSSR count). The van der Waals surface area contributed by atoms with Crippen molar-refractivity contribution in [1.29, 1.82) is 0 Å². The van der Waals surface area contributed by atoms with Crippen LogP contribution < -0.4 is 10.2 Å². The number of anilines is 2. The summed E-state index contributed by atoms with van der Waals surface area (Å²) in [6, 6.07) is 15.3. The lowest BCUT2D eigenvalue weighted by Gasteiger charge is -2.36. The van der Waals surface area contributed by atoms with Gasteiger partial charge < -0.3 is 10.2 Å². The number of nitrogens with one attached hydrogen (secondary N) is 1. The Balaban J connectivity index is 1.96. The predicted octanol–water partition coefficient (Wildman–Crippen LogP) is 2.97. The predicted molar refractivity (Wildman–Crippen MR) is 78.7 cm³/mol. The zero-order chi connectivity index (χ0) is 12.9. The number of aromatic nitrogens is 1. The van der Waals surface area contributed by atoms with Gasteiger partial charge in [0.15, 0.2) is 0 Å². The molecule has 0 bridgehead atoms. The topological polar surface area (TPSA) is 28.2 Å². The lowest BCUT2D eigenvalue weighted by atomic mass is 10.0. The van der Waals surface area contributed by atoms with Crippen LogP contribution in [0.5, 0.6) is 0 Å². The minimum Gasteiger partial charge on any atom is -0.337 e. The van der Waals surface area contributed by atoms with E-state index in [1.165, 1.54) is 24.2 Å². The summed E-state index contributed by atoms with van der Waals surface area (Å²) in [5.41, 5.74) is 2.43. The van der Waals surface area contributed by atoms with Gasteiger partial charge in [-0.25, -0.2) is 0 Å². The summed E-state index contributed by atoms with van der Waals surface area (Å²) < 4.78 is 0. The minimum atomic E-state index is 0.549. The Hall–Kier alpha value is -1.87. The number of hydrogen-bond acceptors (Lipinski definition) is 3. The first-order valence-corrected chi connectivity index (χ1v) is 6.90. The van der Waals surface area contributed by atoms with E-state index in [2.05, 4.69) is 51.6 Å². The second-order valence-corrected chi connectivity index (χ2v) is 4.90. The lowest BCUT2D eigenvalue weighted by Crippen LogP contribution is -2.40. The lowest BCUT2D eigenvalue weighted by molar-refractivity contribution is 0.452. The van der Waals surface area contributed by atoms with Crippen molar-refractivity contribution >= 4 is 11.4 Å². The number of rotatable bonds is 3. The monoisotopic (exact) mass is 253 g/mol. The second kappa shape index (κ2) is 5.85. The third-order valence-electron chi connectivity index (χ3n) is 3.63. The van der Waals surface area contributed by atoms with Gasteiger partial charge in [-0.2, -0.15) is 0 Å². The van der Waals surface area contributed by atoms with E-state index in [9.17, 15) is 0 Å². The molecule has 98 valence electrons. The van der Waals surface area contributed by atoms with E-state index in [-0.39, 0.29) is 0 Å². The van der Waals surface area contributed by atoms with Crippen molar-refractivity contribution in [3.05, 3.63) is 54.9 Å². The summed E-state index contributed by atoms with van der Waals surface area (Å²) >= 11 is 0. The van der Waals surface area contributed by atoms with Crippen molar-refractivity contribution < 1.29 is 0 Å². The van der Waals surface area contributed by atoms with Crippen LogP contribution in [-0.4, -0.2) is 24.1 Å². The van der Waals surface area contributed by atoms with E-state index in [0.717, 1.165) is 13.1 Å². The quantitative estimate of drug-likeness (QED) is 0.911. The number of pyridine rings is 1. The highest BCUT2D eigenvalue weighted by Gasteiger charge is 2.22. The van der Waals surface area contributed by atoms with E-state index in [0.29, 0.717) is 6.04 Å². The second-order valence-electron chi connectivity index (χ2n) is 4.90. The van der Waals surface area contributed by atoms with Crippen molar-refractivity contribution in [2.45, 2.75) is 18.9 Å². The molecule has 3 heteroatoms. The highest BCUT2D eigenvalue weighted by molar-refractivity contribution is 5.63.